The second-order valence-corrected chi connectivity index (χ2v) is 7.44. The number of aryl methyl sites for hydroxylation is 2. The Kier molecular flexibility index (Phi) is 4.36. The van der Waals surface area contributed by atoms with Gasteiger partial charge in [0, 0.05) is 18.7 Å². The maximum Gasteiger partial charge on any atom is 0.272 e. The summed E-state index contributed by atoms with van der Waals surface area (Å²) in [6.45, 7) is 5.02. The van der Waals surface area contributed by atoms with Crippen LogP contribution >= 0.6 is 11.3 Å². The summed E-state index contributed by atoms with van der Waals surface area (Å²) in [4.78, 5) is 31.8. The van der Waals surface area contributed by atoms with Gasteiger partial charge in [0.25, 0.3) is 11.5 Å². The van der Waals surface area contributed by atoms with Crippen LogP contribution in [0.15, 0.2) is 39.8 Å². The molecule has 1 atom stereocenters. The zero-order valence-corrected chi connectivity index (χ0v) is 15.8. The summed E-state index contributed by atoms with van der Waals surface area (Å²) in [6.07, 6.45) is 2.02. The molecule has 0 bridgehead atoms. The van der Waals surface area contributed by atoms with Crippen molar-refractivity contribution in [3.05, 3.63) is 62.2 Å². The zero-order valence-electron chi connectivity index (χ0n) is 14.9. The fourth-order valence-corrected chi connectivity index (χ4v) is 4.52. The molecule has 4 rings (SSSR count). The van der Waals surface area contributed by atoms with Gasteiger partial charge in [-0.05, 0) is 67.3 Å². The highest BCUT2D eigenvalue weighted by Gasteiger charge is 2.31. The lowest BCUT2D eigenvalue weighted by Gasteiger charge is -2.24. The first kappa shape index (κ1) is 17.0. The van der Waals surface area contributed by atoms with E-state index in [1.165, 1.54) is 5.56 Å². The average molecular weight is 367 g/mol. The van der Waals surface area contributed by atoms with E-state index in [1.807, 2.05) is 30.0 Å². The number of hydrogen-bond acceptors (Lipinski definition) is 4. The van der Waals surface area contributed by atoms with Gasteiger partial charge in [-0.3, -0.25) is 9.59 Å². The molecular weight excluding hydrogens is 346 g/mol. The van der Waals surface area contributed by atoms with Crippen molar-refractivity contribution < 1.29 is 4.79 Å². The number of carbonyl (C=O) groups is 1. The molecule has 6 heteroatoms. The highest BCUT2D eigenvalue weighted by atomic mass is 32.1. The molecule has 1 fully saturated rings. The van der Waals surface area contributed by atoms with E-state index in [-0.39, 0.29) is 17.5 Å². The highest BCUT2D eigenvalue weighted by molar-refractivity contribution is 7.08. The van der Waals surface area contributed by atoms with Crippen molar-refractivity contribution in [2.45, 2.75) is 39.3 Å². The van der Waals surface area contributed by atoms with Crippen LogP contribution in [0, 0.1) is 6.92 Å². The second-order valence-electron chi connectivity index (χ2n) is 6.66. The molecule has 1 aliphatic rings. The predicted octanol–water partition coefficient (Wildman–Crippen LogP) is 3.76. The first-order valence-electron chi connectivity index (χ1n) is 8.94. The predicted molar refractivity (Wildman–Crippen MR) is 104 cm³/mol. The standard InChI is InChI=1S/C20H21N3O2S/c1-3-22-18-7-6-14(11-16(18)21-13(2)19(22)24)20(25)23-9-4-5-17(23)15-8-10-26-12-15/h6-8,10-12,17H,3-5,9H2,1-2H3/t17-/m0/s1. The molecule has 3 aromatic rings. The smallest absolute Gasteiger partial charge is 0.272 e. The van der Waals surface area contributed by atoms with Crippen LogP contribution in [0.1, 0.15) is 47.4 Å². The summed E-state index contributed by atoms with van der Waals surface area (Å²) in [7, 11) is 0. The molecular formula is C20H21N3O2S. The summed E-state index contributed by atoms with van der Waals surface area (Å²) >= 11 is 1.66. The molecule has 1 aromatic carbocycles. The minimum Gasteiger partial charge on any atom is -0.332 e. The third-order valence-electron chi connectivity index (χ3n) is 5.11. The van der Waals surface area contributed by atoms with Crippen LogP contribution in [0.25, 0.3) is 11.0 Å². The molecule has 0 spiro atoms. The Balaban J connectivity index is 1.73. The molecule has 3 heterocycles. The number of benzene rings is 1. The van der Waals surface area contributed by atoms with Gasteiger partial charge in [0.1, 0.15) is 5.69 Å². The van der Waals surface area contributed by atoms with Crippen molar-refractivity contribution in [3.8, 4) is 0 Å². The van der Waals surface area contributed by atoms with E-state index in [1.54, 1.807) is 22.8 Å². The molecule has 1 amide bonds. The van der Waals surface area contributed by atoms with Gasteiger partial charge < -0.3 is 9.47 Å². The van der Waals surface area contributed by atoms with Crippen molar-refractivity contribution in [3.63, 3.8) is 0 Å². The Morgan fingerprint density at radius 1 is 1.35 bits per heavy atom. The topological polar surface area (TPSA) is 55.2 Å². The fraction of sp³-hybridized carbons (Fsp3) is 0.350. The monoisotopic (exact) mass is 367 g/mol. The van der Waals surface area contributed by atoms with E-state index in [2.05, 4.69) is 21.8 Å². The Morgan fingerprint density at radius 3 is 2.92 bits per heavy atom. The van der Waals surface area contributed by atoms with Gasteiger partial charge >= 0.3 is 0 Å². The molecule has 26 heavy (non-hydrogen) atoms. The molecule has 1 aliphatic heterocycles. The molecule has 5 nitrogen and oxygen atoms in total. The summed E-state index contributed by atoms with van der Waals surface area (Å²) < 4.78 is 1.70. The average Bonchev–Trinajstić information content (AvgIpc) is 3.33. The first-order valence-corrected chi connectivity index (χ1v) is 9.88. The van der Waals surface area contributed by atoms with E-state index >= 15 is 0 Å². The van der Waals surface area contributed by atoms with Crippen LogP contribution in [0.2, 0.25) is 0 Å². The van der Waals surface area contributed by atoms with Gasteiger partial charge in [-0.15, -0.1) is 0 Å². The van der Waals surface area contributed by atoms with Crippen molar-refractivity contribution in [1.29, 1.82) is 0 Å². The lowest BCUT2D eigenvalue weighted by atomic mass is 10.1. The van der Waals surface area contributed by atoms with Gasteiger partial charge in [0.2, 0.25) is 0 Å². The van der Waals surface area contributed by atoms with E-state index < -0.39 is 0 Å². The number of nitrogens with zero attached hydrogens (tertiary/aromatic N) is 3. The molecule has 2 aromatic heterocycles. The van der Waals surface area contributed by atoms with Crippen LogP contribution in [0.5, 0.6) is 0 Å². The van der Waals surface area contributed by atoms with Gasteiger partial charge in [-0.2, -0.15) is 11.3 Å². The van der Waals surface area contributed by atoms with Crippen LogP contribution in [-0.4, -0.2) is 26.9 Å². The second kappa shape index (κ2) is 6.68. The third-order valence-corrected chi connectivity index (χ3v) is 5.82. The highest BCUT2D eigenvalue weighted by Crippen LogP contribution is 2.34. The maximum absolute atomic E-state index is 13.1. The van der Waals surface area contributed by atoms with Crippen molar-refractivity contribution in [2.24, 2.45) is 0 Å². The van der Waals surface area contributed by atoms with E-state index in [9.17, 15) is 9.59 Å². The quantitative estimate of drug-likeness (QED) is 0.708. The fourth-order valence-electron chi connectivity index (χ4n) is 3.81. The summed E-state index contributed by atoms with van der Waals surface area (Å²) in [6, 6.07) is 7.74. The largest absolute Gasteiger partial charge is 0.332 e. The molecule has 1 saturated heterocycles. The van der Waals surface area contributed by atoms with Gasteiger partial charge in [0.05, 0.1) is 17.1 Å². The van der Waals surface area contributed by atoms with Crippen molar-refractivity contribution in [2.75, 3.05) is 6.54 Å². The van der Waals surface area contributed by atoms with Crippen LogP contribution < -0.4 is 5.56 Å². The summed E-state index contributed by atoms with van der Waals surface area (Å²) in [5.41, 5.74) is 3.71. The molecule has 134 valence electrons. The number of hydrogen-bond donors (Lipinski definition) is 0. The molecule has 0 radical (unpaired) electrons. The van der Waals surface area contributed by atoms with Crippen LogP contribution in [-0.2, 0) is 6.54 Å². The number of fused-ring (bicyclic) bond motifs is 1. The van der Waals surface area contributed by atoms with Crippen molar-refractivity contribution >= 4 is 28.3 Å². The van der Waals surface area contributed by atoms with E-state index in [0.29, 0.717) is 23.3 Å². The minimum atomic E-state index is -0.0730. The minimum absolute atomic E-state index is 0.0364. The molecule has 0 aliphatic carbocycles. The number of likely N-dealkylation sites (tertiary alicyclic amines) is 1. The zero-order chi connectivity index (χ0) is 18.3. The van der Waals surface area contributed by atoms with Crippen molar-refractivity contribution in [1.82, 2.24) is 14.5 Å². The third kappa shape index (κ3) is 2.74. The number of carbonyl (C=O) groups excluding carboxylic acids is 1. The van der Waals surface area contributed by atoms with E-state index in [4.69, 9.17) is 0 Å². The summed E-state index contributed by atoms with van der Waals surface area (Å²) in [5.74, 6) is 0.0364. The molecule has 0 N–H and O–H groups in total. The SMILES string of the molecule is CCn1c(=O)c(C)nc2cc(C(=O)N3CCC[C@H]3c3ccsc3)ccc21. The van der Waals surface area contributed by atoms with Gasteiger partial charge in [-0.25, -0.2) is 4.98 Å². The number of amides is 1. The Labute approximate surface area is 155 Å². The number of thiophene rings is 1. The van der Waals surface area contributed by atoms with Crippen LogP contribution in [0.3, 0.4) is 0 Å². The maximum atomic E-state index is 13.1. The van der Waals surface area contributed by atoms with E-state index in [0.717, 1.165) is 24.9 Å². The van der Waals surface area contributed by atoms with Gasteiger partial charge in [0.15, 0.2) is 0 Å². The summed E-state index contributed by atoms with van der Waals surface area (Å²) in [5, 5.41) is 4.19. The lowest BCUT2D eigenvalue weighted by molar-refractivity contribution is 0.0736. The number of rotatable bonds is 3. The Morgan fingerprint density at radius 2 is 2.19 bits per heavy atom. The Bertz CT molecular complexity index is 1020. The number of aromatic nitrogens is 2. The Hall–Kier alpha value is -2.47. The van der Waals surface area contributed by atoms with Gasteiger partial charge in [-0.1, -0.05) is 0 Å². The molecule has 0 unspecified atom stereocenters. The molecule has 0 saturated carbocycles. The normalized spacial score (nSPS) is 17.2. The lowest BCUT2D eigenvalue weighted by Crippen LogP contribution is -2.30. The first-order chi connectivity index (χ1) is 12.6. The van der Waals surface area contributed by atoms with Crippen LogP contribution in [0.4, 0.5) is 0 Å².